The van der Waals surface area contributed by atoms with E-state index in [9.17, 15) is 13.2 Å². The predicted molar refractivity (Wildman–Crippen MR) is 110 cm³/mol. The third-order valence-electron chi connectivity index (χ3n) is 5.97. The zero-order valence-electron chi connectivity index (χ0n) is 17.0. The van der Waals surface area contributed by atoms with Gasteiger partial charge >= 0.3 is 0 Å². The van der Waals surface area contributed by atoms with Crippen molar-refractivity contribution in [1.82, 2.24) is 14.5 Å². The van der Waals surface area contributed by atoms with E-state index in [-0.39, 0.29) is 24.4 Å². The first-order valence-corrected chi connectivity index (χ1v) is 11.8. The zero-order valence-corrected chi connectivity index (χ0v) is 17.8. The van der Waals surface area contributed by atoms with Gasteiger partial charge in [-0.15, -0.1) is 0 Å². The van der Waals surface area contributed by atoms with Crippen molar-refractivity contribution in [2.75, 3.05) is 33.7 Å². The van der Waals surface area contributed by atoms with Crippen LogP contribution in [0.5, 0.6) is 0 Å². The van der Waals surface area contributed by atoms with Gasteiger partial charge in [-0.2, -0.15) is 4.31 Å². The van der Waals surface area contributed by atoms with Crippen molar-refractivity contribution in [3.8, 4) is 0 Å². The first-order chi connectivity index (χ1) is 13.4. The standard InChI is InChI=1S/C21H33N3O3S/c1-23(2)15-17-9-6-7-13-20(17)22-21(25)18-10-8-14-24(16-18)28(26,27)19-11-4-3-5-12-19/h3-5,11-12,17-18,20H,6-10,13-16H2,1-2H3,(H,22,25). The van der Waals surface area contributed by atoms with Gasteiger partial charge < -0.3 is 10.2 Å². The van der Waals surface area contributed by atoms with E-state index in [1.807, 2.05) is 0 Å². The van der Waals surface area contributed by atoms with Crippen LogP contribution in [0.4, 0.5) is 0 Å². The quantitative estimate of drug-likeness (QED) is 0.786. The number of benzene rings is 1. The molecule has 1 heterocycles. The van der Waals surface area contributed by atoms with Crippen LogP contribution in [0.3, 0.4) is 0 Å². The SMILES string of the molecule is CN(C)CC1CCCCC1NC(=O)C1CCCN(S(=O)(=O)c2ccccc2)C1. The minimum atomic E-state index is -3.54. The lowest BCUT2D eigenvalue weighted by Gasteiger charge is -2.36. The Bertz CT molecular complexity index is 751. The third-order valence-corrected chi connectivity index (χ3v) is 7.85. The van der Waals surface area contributed by atoms with Gasteiger partial charge in [0.25, 0.3) is 0 Å². The van der Waals surface area contributed by atoms with Crippen molar-refractivity contribution in [3.63, 3.8) is 0 Å². The Hall–Kier alpha value is -1.44. The molecule has 28 heavy (non-hydrogen) atoms. The number of rotatable bonds is 6. The van der Waals surface area contributed by atoms with E-state index in [4.69, 9.17) is 0 Å². The molecule has 3 rings (SSSR count). The number of nitrogens with one attached hydrogen (secondary N) is 1. The molecule has 1 aromatic rings. The van der Waals surface area contributed by atoms with Gasteiger partial charge in [0.2, 0.25) is 15.9 Å². The highest BCUT2D eigenvalue weighted by atomic mass is 32.2. The fourth-order valence-corrected chi connectivity index (χ4v) is 6.05. The number of carbonyl (C=O) groups excluding carboxylic acids is 1. The van der Waals surface area contributed by atoms with Crippen molar-refractivity contribution in [2.24, 2.45) is 11.8 Å². The number of sulfonamides is 1. The van der Waals surface area contributed by atoms with Crippen LogP contribution in [0.2, 0.25) is 0 Å². The van der Waals surface area contributed by atoms with Gasteiger partial charge in [0.05, 0.1) is 10.8 Å². The summed E-state index contributed by atoms with van der Waals surface area (Å²) in [6.07, 6.45) is 5.99. The van der Waals surface area contributed by atoms with Crippen LogP contribution in [0.15, 0.2) is 35.2 Å². The van der Waals surface area contributed by atoms with Crippen molar-refractivity contribution < 1.29 is 13.2 Å². The summed E-state index contributed by atoms with van der Waals surface area (Å²) in [6, 6.07) is 8.70. The highest BCUT2D eigenvalue weighted by Gasteiger charge is 2.35. The van der Waals surface area contributed by atoms with Gasteiger partial charge in [-0.3, -0.25) is 4.79 Å². The van der Waals surface area contributed by atoms with Crippen LogP contribution in [0.25, 0.3) is 0 Å². The highest BCUT2D eigenvalue weighted by Crippen LogP contribution is 2.27. The molecule has 0 radical (unpaired) electrons. The second kappa shape index (κ2) is 9.37. The highest BCUT2D eigenvalue weighted by molar-refractivity contribution is 7.89. The Morgan fingerprint density at radius 3 is 2.54 bits per heavy atom. The fraction of sp³-hybridized carbons (Fsp3) is 0.667. The van der Waals surface area contributed by atoms with Crippen LogP contribution >= 0.6 is 0 Å². The Balaban J connectivity index is 1.64. The van der Waals surface area contributed by atoms with Gasteiger partial charge in [-0.25, -0.2) is 8.42 Å². The Kier molecular flexibility index (Phi) is 7.12. The number of hydrogen-bond donors (Lipinski definition) is 1. The van der Waals surface area contributed by atoms with Crippen molar-refractivity contribution >= 4 is 15.9 Å². The van der Waals surface area contributed by atoms with Crippen LogP contribution in [0.1, 0.15) is 38.5 Å². The van der Waals surface area contributed by atoms with E-state index in [1.165, 1.54) is 10.7 Å². The number of piperidine rings is 1. The number of hydrogen-bond acceptors (Lipinski definition) is 4. The summed E-state index contributed by atoms with van der Waals surface area (Å²) < 4.78 is 27.3. The second-order valence-corrected chi connectivity index (χ2v) is 10.4. The fourth-order valence-electron chi connectivity index (χ4n) is 4.50. The molecule has 156 valence electrons. The molecule has 2 aliphatic rings. The molecule has 1 aliphatic heterocycles. The van der Waals surface area contributed by atoms with Crippen molar-refractivity contribution in [2.45, 2.75) is 49.5 Å². The molecule has 0 bridgehead atoms. The van der Waals surface area contributed by atoms with Crippen LogP contribution in [-0.4, -0.2) is 63.3 Å². The van der Waals surface area contributed by atoms with Gasteiger partial charge in [-0.05, 0) is 57.8 Å². The smallest absolute Gasteiger partial charge is 0.243 e. The lowest BCUT2D eigenvalue weighted by molar-refractivity contribution is -0.127. The van der Waals surface area contributed by atoms with E-state index in [1.54, 1.807) is 30.3 Å². The number of nitrogens with zero attached hydrogens (tertiary/aromatic N) is 2. The van der Waals surface area contributed by atoms with E-state index in [2.05, 4.69) is 24.3 Å². The first-order valence-electron chi connectivity index (χ1n) is 10.4. The molecule has 1 saturated heterocycles. The molecule has 1 amide bonds. The summed E-state index contributed by atoms with van der Waals surface area (Å²) in [5, 5.41) is 3.27. The van der Waals surface area contributed by atoms with E-state index < -0.39 is 10.0 Å². The van der Waals surface area contributed by atoms with Crippen molar-refractivity contribution in [1.29, 1.82) is 0 Å². The topological polar surface area (TPSA) is 69.7 Å². The molecule has 7 heteroatoms. The maximum atomic E-state index is 13.0. The van der Waals surface area contributed by atoms with Gasteiger partial charge in [-0.1, -0.05) is 31.0 Å². The largest absolute Gasteiger partial charge is 0.353 e. The summed E-state index contributed by atoms with van der Waals surface area (Å²) in [4.78, 5) is 15.4. The van der Waals surface area contributed by atoms with Gasteiger partial charge in [0.15, 0.2) is 0 Å². The third kappa shape index (κ3) is 5.13. The van der Waals surface area contributed by atoms with Crippen LogP contribution < -0.4 is 5.32 Å². The average Bonchev–Trinajstić information content (AvgIpc) is 2.70. The maximum absolute atomic E-state index is 13.0. The summed E-state index contributed by atoms with van der Waals surface area (Å²) in [5.41, 5.74) is 0. The van der Waals surface area contributed by atoms with Crippen LogP contribution in [-0.2, 0) is 14.8 Å². The first kappa shape index (κ1) is 21.3. The van der Waals surface area contributed by atoms with Gasteiger partial charge in [0, 0.05) is 25.7 Å². The molecule has 1 aliphatic carbocycles. The van der Waals surface area contributed by atoms with E-state index >= 15 is 0 Å². The summed E-state index contributed by atoms with van der Waals surface area (Å²) >= 11 is 0. The number of amides is 1. The Morgan fingerprint density at radius 2 is 1.82 bits per heavy atom. The molecule has 2 fully saturated rings. The second-order valence-electron chi connectivity index (χ2n) is 8.44. The lowest BCUT2D eigenvalue weighted by atomic mass is 9.83. The Morgan fingerprint density at radius 1 is 1.11 bits per heavy atom. The number of carbonyl (C=O) groups is 1. The monoisotopic (exact) mass is 407 g/mol. The zero-order chi connectivity index (χ0) is 20.1. The van der Waals surface area contributed by atoms with E-state index in [0.29, 0.717) is 17.4 Å². The van der Waals surface area contributed by atoms with Crippen LogP contribution in [0, 0.1) is 11.8 Å². The molecule has 1 saturated carbocycles. The summed E-state index contributed by atoms with van der Waals surface area (Å²) in [6.45, 7) is 1.73. The minimum absolute atomic E-state index is 0.0172. The molecule has 1 N–H and O–H groups in total. The predicted octanol–water partition coefficient (Wildman–Crippen LogP) is 2.32. The van der Waals surface area contributed by atoms with Gasteiger partial charge in [0.1, 0.15) is 0 Å². The molecule has 0 aromatic heterocycles. The average molecular weight is 408 g/mol. The maximum Gasteiger partial charge on any atom is 0.243 e. The summed E-state index contributed by atoms with van der Waals surface area (Å²) in [5.74, 6) is 0.221. The molecular weight excluding hydrogens is 374 g/mol. The van der Waals surface area contributed by atoms with E-state index in [0.717, 1.165) is 38.6 Å². The molecule has 0 spiro atoms. The Labute approximate surface area is 169 Å². The molecule has 1 aromatic carbocycles. The minimum Gasteiger partial charge on any atom is -0.353 e. The molecule has 3 atom stereocenters. The lowest BCUT2D eigenvalue weighted by Crippen LogP contribution is -2.51. The molecule has 3 unspecified atom stereocenters. The van der Waals surface area contributed by atoms with Crippen molar-refractivity contribution in [3.05, 3.63) is 30.3 Å². The molecular formula is C21H33N3O3S. The summed E-state index contributed by atoms with van der Waals surface area (Å²) in [7, 11) is 0.599. The normalized spacial score (nSPS) is 26.9. The molecule has 6 nitrogen and oxygen atoms in total.